The molecule has 1 saturated carbocycles. The molecule has 2 atom stereocenters. The zero-order valence-corrected chi connectivity index (χ0v) is 12.5. The fourth-order valence-electron chi connectivity index (χ4n) is 2.75. The summed E-state index contributed by atoms with van der Waals surface area (Å²) in [5, 5.41) is 0. The molecule has 6 heteroatoms. The molecule has 1 aromatic rings. The maximum absolute atomic E-state index is 12.5. The van der Waals surface area contributed by atoms with Gasteiger partial charge in [0.1, 0.15) is 10.6 Å². The molecule has 20 heavy (non-hydrogen) atoms. The molecule has 0 aromatic heterocycles. The summed E-state index contributed by atoms with van der Waals surface area (Å²) in [5.41, 5.74) is 5.75. The van der Waals surface area contributed by atoms with Crippen molar-refractivity contribution < 1.29 is 13.2 Å². The van der Waals surface area contributed by atoms with Gasteiger partial charge in [0, 0.05) is 6.04 Å². The van der Waals surface area contributed by atoms with E-state index in [9.17, 15) is 8.42 Å². The van der Waals surface area contributed by atoms with Gasteiger partial charge in [0.15, 0.2) is 0 Å². The fraction of sp³-hybridized carbons (Fsp3) is 0.571. The molecular formula is C14H22N2O3S. The minimum Gasteiger partial charge on any atom is -0.495 e. The molecule has 0 heterocycles. The number of methoxy groups -OCH3 is 1. The summed E-state index contributed by atoms with van der Waals surface area (Å²) in [6.07, 6.45) is 3.98. The van der Waals surface area contributed by atoms with Crippen molar-refractivity contribution in [3.63, 3.8) is 0 Å². The first kappa shape index (κ1) is 15.3. The van der Waals surface area contributed by atoms with Gasteiger partial charge in [0.05, 0.1) is 7.11 Å². The molecule has 0 amide bonds. The van der Waals surface area contributed by atoms with Crippen LogP contribution in [-0.4, -0.2) is 28.1 Å². The van der Waals surface area contributed by atoms with E-state index in [4.69, 9.17) is 10.5 Å². The molecule has 3 N–H and O–H groups in total. The predicted molar refractivity (Wildman–Crippen MR) is 78.1 cm³/mol. The van der Waals surface area contributed by atoms with E-state index in [2.05, 4.69) is 4.72 Å². The topological polar surface area (TPSA) is 81.4 Å². The number of para-hydroxylation sites is 1. The van der Waals surface area contributed by atoms with Crippen LogP contribution in [0.4, 0.5) is 0 Å². The Labute approximate surface area is 120 Å². The van der Waals surface area contributed by atoms with Crippen molar-refractivity contribution in [3.05, 3.63) is 24.3 Å². The summed E-state index contributed by atoms with van der Waals surface area (Å²) in [5.74, 6) is 0.577. The number of sulfonamides is 1. The highest BCUT2D eigenvalue weighted by Crippen LogP contribution is 2.27. The zero-order valence-electron chi connectivity index (χ0n) is 11.7. The maximum atomic E-state index is 12.5. The highest BCUT2D eigenvalue weighted by atomic mass is 32.2. The lowest BCUT2D eigenvalue weighted by molar-refractivity contribution is 0.295. The molecule has 2 rings (SSSR count). The summed E-state index contributed by atoms with van der Waals surface area (Å²) in [6, 6.07) is 6.57. The Bertz CT molecular complexity index is 545. The monoisotopic (exact) mass is 298 g/mol. The average Bonchev–Trinajstić information content (AvgIpc) is 2.47. The molecule has 0 spiro atoms. The third kappa shape index (κ3) is 3.31. The number of rotatable bonds is 5. The van der Waals surface area contributed by atoms with E-state index >= 15 is 0 Å². The van der Waals surface area contributed by atoms with E-state index in [0.29, 0.717) is 12.3 Å². The Kier molecular flexibility index (Phi) is 5.01. The predicted octanol–water partition coefficient (Wildman–Crippen LogP) is 1.49. The second-order valence-corrected chi connectivity index (χ2v) is 6.84. The minimum absolute atomic E-state index is 0.0799. The van der Waals surface area contributed by atoms with E-state index in [1.165, 1.54) is 7.11 Å². The van der Waals surface area contributed by atoms with Crippen molar-refractivity contribution >= 4 is 10.0 Å². The standard InChI is InChI=1S/C14H22N2O3S/c1-19-13-8-4-5-9-14(13)20(17,18)16-12-7-3-2-6-11(12)10-15/h4-5,8-9,11-12,16H,2-3,6-7,10,15H2,1H3. The van der Waals surface area contributed by atoms with E-state index in [1.54, 1.807) is 24.3 Å². The van der Waals surface area contributed by atoms with Crippen LogP contribution in [0.5, 0.6) is 5.75 Å². The maximum Gasteiger partial charge on any atom is 0.244 e. The van der Waals surface area contributed by atoms with Crippen molar-refractivity contribution in [2.45, 2.75) is 36.6 Å². The minimum atomic E-state index is -3.58. The van der Waals surface area contributed by atoms with E-state index in [1.807, 2.05) is 0 Å². The van der Waals surface area contributed by atoms with Gasteiger partial charge in [0.25, 0.3) is 0 Å². The molecule has 1 fully saturated rings. The van der Waals surface area contributed by atoms with Gasteiger partial charge in [-0.3, -0.25) is 0 Å². The van der Waals surface area contributed by atoms with Crippen molar-refractivity contribution in [3.8, 4) is 5.75 Å². The number of ether oxygens (including phenoxy) is 1. The number of hydrogen-bond donors (Lipinski definition) is 2. The largest absolute Gasteiger partial charge is 0.495 e. The Hall–Kier alpha value is -1.11. The van der Waals surface area contributed by atoms with Crippen LogP contribution in [0.25, 0.3) is 0 Å². The lowest BCUT2D eigenvalue weighted by atomic mass is 9.85. The van der Waals surface area contributed by atoms with Crippen LogP contribution >= 0.6 is 0 Å². The third-order valence-electron chi connectivity index (χ3n) is 3.88. The van der Waals surface area contributed by atoms with Crippen LogP contribution < -0.4 is 15.2 Å². The first-order valence-electron chi connectivity index (χ1n) is 6.94. The molecule has 2 unspecified atom stereocenters. The van der Waals surface area contributed by atoms with Crippen LogP contribution in [-0.2, 0) is 10.0 Å². The van der Waals surface area contributed by atoms with E-state index in [0.717, 1.165) is 25.7 Å². The first-order chi connectivity index (χ1) is 9.58. The van der Waals surface area contributed by atoms with Crippen LogP contribution in [0.2, 0.25) is 0 Å². The number of benzene rings is 1. The molecule has 0 radical (unpaired) electrons. The Balaban J connectivity index is 2.22. The Morgan fingerprint density at radius 2 is 2.00 bits per heavy atom. The summed E-state index contributed by atoms with van der Waals surface area (Å²) in [6.45, 7) is 0.513. The zero-order chi connectivity index (χ0) is 14.6. The SMILES string of the molecule is COc1ccccc1S(=O)(=O)NC1CCCCC1CN. The quantitative estimate of drug-likeness (QED) is 0.863. The van der Waals surface area contributed by atoms with Crippen LogP contribution in [0, 0.1) is 5.92 Å². The van der Waals surface area contributed by atoms with Crippen molar-refractivity contribution in [2.24, 2.45) is 11.7 Å². The molecule has 1 aromatic carbocycles. The summed E-state index contributed by atoms with van der Waals surface area (Å²) in [7, 11) is -2.11. The smallest absolute Gasteiger partial charge is 0.244 e. The lowest BCUT2D eigenvalue weighted by Gasteiger charge is -2.31. The van der Waals surface area contributed by atoms with Crippen LogP contribution in [0.1, 0.15) is 25.7 Å². The van der Waals surface area contributed by atoms with Gasteiger partial charge >= 0.3 is 0 Å². The van der Waals surface area contributed by atoms with Gasteiger partial charge < -0.3 is 10.5 Å². The summed E-state index contributed by atoms with van der Waals surface area (Å²) >= 11 is 0. The van der Waals surface area contributed by atoms with Crippen molar-refractivity contribution in [1.82, 2.24) is 4.72 Å². The molecule has 1 aliphatic rings. The van der Waals surface area contributed by atoms with Crippen LogP contribution in [0.15, 0.2) is 29.2 Å². The normalized spacial score (nSPS) is 23.5. The molecule has 5 nitrogen and oxygen atoms in total. The lowest BCUT2D eigenvalue weighted by Crippen LogP contribution is -2.44. The average molecular weight is 298 g/mol. The number of nitrogens with two attached hydrogens (primary N) is 1. The van der Waals surface area contributed by atoms with Crippen molar-refractivity contribution in [1.29, 1.82) is 0 Å². The molecule has 0 bridgehead atoms. The molecule has 0 saturated heterocycles. The summed E-state index contributed by atoms with van der Waals surface area (Å²) in [4.78, 5) is 0.184. The van der Waals surface area contributed by atoms with Gasteiger partial charge in [-0.2, -0.15) is 0 Å². The molecule has 112 valence electrons. The van der Waals surface area contributed by atoms with Gasteiger partial charge in [-0.05, 0) is 37.4 Å². The highest BCUT2D eigenvalue weighted by molar-refractivity contribution is 7.89. The first-order valence-corrected chi connectivity index (χ1v) is 8.42. The van der Waals surface area contributed by atoms with Crippen LogP contribution in [0.3, 0.4) is 0 Å². The second kappa shape index (κ2) is 6.56. The Morgan fingerprint density at radius 3 is 2.70 bits per heavy atom. The molecular weight excluding hydrogens is 276 g/mol. The second-order valence-electron chi connectivity index (χ2n) is 5.16. The molecule has 0 aliphatic heterocycles. The summed E-state index contributed by atoms with van der Waals surface area (Å²) < 4.78 is 32.9. The van der Waals surface area contributed by atoms with Gasteiger partial charge in [0.2, 0.25) is 10.0 Å². The van der Waals surface area contributed by atoms with Gasteiger partial charge in [-0.25, -0.2) is 13.1 Å². The van der Waals surface area contributed by atoms with Gasteiger partial charge in [-0.1, -0.05) is 25.0 Å². The van der Waals surface area contributed by atoms with E-state index < -0.39 is 10.0 Å². The number of nitrogens with one attached hydrogen (secondary N) is 1. The Morgan fingerprint density at radius 1 is 1.30 bits per heavy atom. The highest BCUT2D eigenvalue weighted by Gasteiger charge is 2.29. The third-order valence-corrected chi connectivity index (χ3v) is 5.41. The van der Waals surface area contributed by atoms with Gasteiger partial charge in [-0.15, -0.1) is 0 Å². The van der Waals surface area contributed by atoms with E-state index in [-0.39, 0.29) is 16.9 Å². The van der Waals surface area contributed by atoms with Crippen molar-refractivity contribution in [2.75, 3.05) is 13.7 Å². The molecule has 1 aliphatic carbocycles. The number of hydrogen-bond acceptors (Lipinski definition) is 4. The fourth-order valence-corrected chi connectivity index (χ4v) is 4.26.